The lowest BCUT2D eigenvalue weighted by Gasteiger charge is -2.16. The molecule has 2 heteroatoms. The molecule has 1 rings (SSSR count). The summed E-state index contributed by atoms with van der Waals surface area (Å²) in [4.78, 5) is 4.04. The maximum atomic E-state index is 4.04. The van der Waals surface area contributed by atoms with E-state index in [1.165, 1.54) is 24.8 Å². The van der Waals surface area contributed by atoms with Gasteiger partial charge < -0.3 is 5.32 Å². The Balaban J connectivity index is 2.43. The van der Waals surface area contributed by atoms with Gasteiger partial charge in [0.2, 0.25) is 0 Å². The van der Waals surface area contributed by atoms with Gasteiger partial charge in [-0.05, 0) is 37.1 Å². The summed E-state index contributed by atoms with van der Waals surface area (Å²) in [6.45, 7) is 4.56. The molecule has 1 N–H and O–H groups in total. The molecule has 84 valence electrons. The van der Waals surface area contributed by atoms with Crippen molar-refractivity contribution in [3.8, 4) is 0 Å². The number of nitrogens with zero attached hydrogens (tertiary/aromatic N) is 1. The average molecular weight is 206 g/mol. The van der Waals surface area contributed by atoms with Crippen molar-refractivity contribution in [3.05, 3.63) is 30.1 Å². The number of hydrogen-bond donors (Lipinski definition) is 1. The summed E-state index contributed by atoms with van der Waals surface area (Å²) in [5, 5.41) is 3.36. The van der Waals surface area contributed by atoms with Gasteiger partial charge in [-0.3, -0.25) is 4.98 Å². The molecular formula is C13H22N2. The number of rotatable bonds is 6. The van der Waals surface area contributed by atoms with Gasteiger partial charge in [0.05, 0.1) is 0 Å². The first-order valence-electron chi connectivity index (χ1n) is 5.81. The van der Waals surface area contributed by atoms with Crippen molar-refractivity contribution in [2.45, 2.75) is 39.2 Å². The predicted molar refractivity (Wildman–Crippen MR) is 64.7 cm³/mol. The van der Waals surface area contributed by atoms with Gasteiger partial charge >= 0.3 is 0 Å². The average Bonchev–Trinajstić information content (AvgIpc) is 2.25. The minimum atomic E-state index is 0.478. The van der Waals surface area contributed by atoms with Crippen LogP contribution in [0.3, 0.4) is 0 Å². The monoisotopic (exact) mass is 206 g/mol. The SMILES string of the molecule is CNC(CCCC(C)C)c1ccncc1. The van der Waals surface area contributed by atoms with Crippen molar-refractivity contribution in [1.82, 2.24) is 10.3 Å². The van der Waals surface area contributed by atoms with Crippen LogP contribution < -0.4 is 5.32 Å². The van der Waals surface area contributed by atoms with E-state index in [-0.39, 0.29) is 0 Å². The Labute approximate surface area is 93.1 Å². The fourth-order valence-electron chi connectivity index (χ4n) is 1.80. The molecule has 0 spiro atoms. The molecule has 0 aromatic carbocycles. The molecule has 0 aliphatic heterocycles. The fraction of sp³-hybridized carbons (Fsp3) is 0.615. The Morgan fingerprint density at radius 3 is 2.40 bits per heavy atom. The summed E-state index contributed by atoms with van der Waals surface area (Å²) in [5.41, 5.74) is 1.34. The van der Waals surface area contributed by atoms with Gasteiger partial charge in [0.15, 0.2) is 0 Å². The molecule has 0 fully saturated rings. The van der Waals surface area contributed by atoms with Crippen LogP contribution in [-0.4, -0.2) is 12.0 Å². The van der Waals surface area contributed by atoms with E-state index in [0.29, 0.717) is 6.04 Å². The molecule has 0 saturated heterocycles. The van der Waals surface area contributed by atoms with E-state index >= 15 is 0 Å². The van der Waals surface area contributed by atoms with E-state index in [9.17, 15) is 0 Å². The smallest absolute Gasteiger partial charge is 0.0318 e. The molecule has 0 aliphatic carbocycles. The summed E-state index contributed by atoms with van der Waals surface area (Å²) in [6.07, 6.45) is 7.53. The van der Waals surface area contributed by atoms with Crippen LogP contribution in [0.1, 0.15) is 44.7 Å². The summed E-state index contributed by atoms with van der Waals surface area (Å²) in [5.74, 6) is 0.806. The Bertz CT molecular complexity index is 256. The Morgan fingerprint density at radius 1 is 1.20 bits per heavy atom. The molecular weight excluding hydrogens is 184 g/mol. The highest BCUT2D eigenvalue weighted by atomic mass is 14.9. The van der Waals surface area contributed by atoms with E-state index in [1.807, 2.05) is 19.4 Å². The predicted octanol–water partition coefficient (Wildman–Crippen LogP) is 3.17. The van der Waals surface area contributed by atoms with Crippen molar-refractivity contribution >= 4 is 0 Å². The van der Waals surface area contributed by atoms with Gasteiger partial charge in [-0.15, -0.1) is 0 Å². The van der Waals surface area contributed by atoms with E-state index in [0.717, 1.165) is 5.92 Å². The van der Waals surface area contributed by atoms with Crippen molar-refractivity contribution in [1.29, 1.82) is 0 Å². The molecule has 0 saturated carbocycles. The Kier molecular flexibility index (Phi) is 5.33. The first-order chi connectivity index (χ1) is 7.24. The van der Waals surface area contributed by atoms with Crippen LogP contribution >= 0.6 is 0 Å². The van der Waals surface area contributed by atoms with Crippen LogP contribution in [0.15, 0.2) is 24.5 Å². The Hall–Kier alpha value is -0.890. The topological polar surface area (TPSA) is 24.9 Å². The quantitative estimate of drug-likeness (QED) is 0.773. The summed E-state index contributed by atoms with van der Waals surface area (Å²) in [6, 6.07) is 4.67. The largest absolute Gasteiger partial charge is 0.313 e. The molecule has 1 aromatic rings. The second-order valence-electron chi connectivity index (χ2n) is 4.45. The zero-order valence-electron chi connectivity index (χ0n) is 10.0. The van der Waals surface area contributed by atoms with Gasteiger partial charge in [-0.2, -0.15) is 0 Å². The van der Waals surface area contributed by atoms with Crippen LogP contribution in [0.25, 0.3) is 0 Å². The normalized spacial score (nSPS) is 13.1. The molecule has 1 aromatic heterocycles. The summed E-state index contributed by atoms with van der Waals surface area (Å²) < 4.78 is 0. The lowest BCUT2D eigenvalue weighted by Crippen LogP contribution is -2.16. The van der Waals surface area contributed by atoms with Crippen LogP contribution in [0, 0.1) is 5.92 Å². The fourth-order valence-corrected chi connectivity index (χ4v) is 1.80. The van der Waals surface area contributed by atoms with Crippen molar-refractivity contribution in [3.63, 3.8) is 0 Å². The van der Waals surface area contributed by atoms with Gasteiger partial charge in [-0.25, -0.2) is 0 Å². The van der Waals surface area contributed by atoms with E-state index in [2.05, 4.69) is 36.3 Å². The minimum absolute atomic E-state index is 0.478. The highest BCUT2D eigenvalue weighted by Crippen LogP contribution is 2.19. The van der Waals surface area contributed by atoms with E-state index in [1.54, 1.807) is 0 Å². The van der Waals surface area contributed by atoms with E-state index < -0.39 is 0 Å². The van der Waals surface area contributed by atoms with Gasteiger partial charge in [-0.1, -0.05) is 26.7 Å². The van der Waals surface area contributed by atoms with Crippen molar-refractivity contribution in [2.75, 3.05) is 7.05 Å². The number of hydrogen-bond acceptors (Lipinski definition) is 2. The third kappa shape index (κ3) is 4.43. The molecule has 0 amide bonds. The Morgan fingerprint density at radius 2 is 1.87 bits per heavy atom. The van der Waals surface area contributed by atoms with Crippen molar-refractivity contribution in [2.24, 2.45) is 5.92 Å². The molecule has 1 atom stereocenters. The first-order valence-corrected chi connectivity index (χ1v) is 5.81. The number of aromatic nitrogens is 1. The maximum Gasteiger partial charge on any atom is 0.0318 e. The minimum Gasteiger partial charge on any atom is -0.313 e. The molecule has 1 unspecified atom stereocenters. The van der Waals surface area contributed by atoms with Crippen molar-refractivity contribution < 1.29 is 0 Å². The highest BCUT2D eigenvalue weighted by Gasteiger charge is 2.08. The standard InChI is InChI=1S/C13H22N2/c1-11(2)5-4-6-13(14-3)12-7-9-15-10-8-12/h7-11,13-14H,4-6H2,1-3H3. The van der Waals surface area contributed by atoms with Gasteiger partial charge in [0.25, 0.3) is 0 Å². The maximum absolute atomic E-state index is 4.04. The lowest BCUT2D eigenvalue weighted by atomic mass is 9.99. The third-order valence-corrected chi connectivity index (χ3v) is 2.73. The molecule has 0 aliphatic rings. The second-order valence-corrected chi connectivity index (χ2v) is 4.45. The highest BCUT2D eigenvalue weighted by molar-refractivity contribution is 5.14. The van der Waals surface area contributed by atoms with Crippen LogP contribution in [-0.2, 0) is 0 Å². The molecule has 15 heavy (non-hydrogen) atoms. The van der Waals surface area contributed by atoms with Gasteiger partial charge in [0.1, 0.15) is 0 Å². The van der Waals surface area contributed by atoms with Crippen LogP contribution in [0.4, 0.5) is 0 Å². The van der Waals surface area contributed by atoms with Gasteiger partial charge in [0, 0.05) is 18.4 Å². The second kappa shape index (κ2) is 6.57. The lowest BCUT2D eigenvalue weighted by molar-refractivity contribution is 0.470. The first kappa shape index (κ1) is 12.2. The van der Waals surface area contributed by atoms with Crippen LogP contribution in [0.5, 0.6) is 0 Å². The summed E-state index contributed by atoms with van der Waals surface area (Å²) >= 11 is 0. The summed E-state index contributed by atoms with van der Waals surface area (Å²) in [7, 11) is 2.03. The molecule has 0 radical (unpaired) electrons. The van der Waals surface area contributed by atoms with E-state index in [4.69, 9.17) is 0 Å². The zero-order valence-corrected chi connectivity index (χ0v) is 10.0. The molecule has 2 nitrogen and oxygen atoms in total. The number of nitrogens with one attached hydrogen (secondary N) is 1. The zero-order chi connectivity index (χ0) is 11.1. The third-order valence-electron chi connectivity index (χ3n) is 2.73. The van der Waals surface area contributed by atoms with Crippen LogP contribution in [0.2, 0.25) is 0 Å². The number of pyridine rings is 1. The molecule has 1 heterocycles. The molecule has 0 bridgehead atoms.